The summed E-state index contributed by atoms with van der Waals surface area (Å²) in [5, 5.41) is 6.28. The van der Waals surface area contributed by atoms with E-state index in [4.69, 9.17) is 5.73 Å². The van der Waals surface area contributed by atoms with Crippen LogP contribution in [0.15, 0.2) is 5.10 Å². The van der Waals surface area contributed by atoms with E-state index in [0.717, 1.165) is 12.8 Å². The van der Waals surface area contributed by atoms with Crippen LogP contribution in [0.2, 0.25) is 0 Å². The van der Waals surface area contributed by atoms with Crippen molar-refractivity contribution in [2.75, 3.05) is 13.1 Å². The molecule has 0 aliphatic rings. The molecule has 0 saturated carbocycles. The fourth-order valence-corrected chi connectivity index (χ4v) is 3.03. The number of hydrogen-bond donors (Lipinski definition) is 3. The topological polar surface area (TPSA) is 96.6 Å². The van der Waals surface area contributed by atoms with Gasteiger partial charge in [-0.25, -0.2) is 5.43 Å². The van der Waals surface area contributed by atoms with Crippen LogP contribution in [0.5, 0.6) is 0 Å². The standard InChI is InChI=1S/C19H38N4O2/c1-18(2,3)11-14(10-15(12-20)19(4,5)6)13-22-16(24)8-9-17(25)23-21-7/h14-15H,7-13,20H2,1-6H3,(H,22,24)(H,23,25). The van der Waals surface area contributed by atoms with Gasteiger partial charge in [0.1, 0.15) is 0 Å². The van der Waals surface area contributed by atoms with Gasteiger partial charge < -0.3 is 11.1 Å². The minimum atomic E-state index is -0.299. The number of hydrazone groups is 1. The Bertz CT molecular complexity index is 436. The molecule has 6 heteroatoms. The first kappa shape index (κ1) is 23.6. The summed E-state index contributed by atoms with van der Waals surface area (Å²) >= 11 is 0. The first-order chi connectivity index (χ1) is 11.4. The molecule has 0 aromatic heterocycles. The van der Waals surface area contributed by atoms with Crippen molar-refractivity contribution in [1.29, 1.82) is 0 Å². The van der Waals surface area contributed by atoms with Gasteiger partial charge in [0.15, 0.2) is 0 Å². The van der Waals surface area contributed by atoms with Gasteiger partial charge >= 0.3 is 0 Å². The average molecular weight is 355 g/mol. The quantitative estimate of drug-likeness (QED) is 0.415. The number of carbonyl (C=O) groups is 2. The highest BCUT2D eigenvalue weighted by Crippen LogP contribution is 2.34. The first-order valence-corrected chi connectivity index (χ1v) is 9.10. The minimum Gasteiger partial charge on any atom is -0.356 e. The van der Waals surface area contributed by atoms with Gasteiger partial charge in [-0.2, -0.15) is 5.10 Å². The van der Waals surface area contributed by atoms with Gasteiger partial charge in [-0.05, 0) is 42.1 Å². The van der Waals surface area contributed by atoms with Crippen molar-refractivity contribution in [2.45, 2.75) is 67.2 Å². The number of nitrogens with two attached hydrogens (primary N) is 1. The zero-order chi connectivity index (χ0) is 19.7. The van der Waals surface area contributed by atoms with E-state index in [1.165, 1.54) is 0 Å². The molecule has 0 radical (unpaired) electrons. The van der Waals surface area contributed by atoms with Gasteiger partial charge in [-0.3, -0.25) is 9.59 Å². The molecule has 2 amide bonds. The normalized spacial score (nSPS) is 14.5. The summed E-state index contributed by atoms with van der Waals surface area (Å²) in [4.78, 5) is 23.3. The van der Waals surface area contributed by atoms with Crippen molar-refractivity contribution in [3.63, 3.8) is 0 Å². The molecule has 4 N–H and O–H groups in total. The Morgan fingerprint density at radius 1 is 1.08 bits per heavy atom. The zero-order valence-electron chi connectivity index (χ0n) is 16.9. The Kier molecular flexibility index (Phi) is 9.93. The number of rotatable bonds is 10. The summed E-state index contributed by atoms with van der Waals surface area (Å²) in [5.74, 6) is 0.354. The molecule has 0 spiro atoms. The van der Waals surface area contributed by atoms with Crippen molar-refractivity contribution < 1.29 is 9.59 Å². The van der Waals surface area contributed by atoms with Crippen LogP contribution in [-0.4, -0.2) is 31.6 Å². The van der Waals surface area contributed by atoms with Crippen LogP contribution in [0.1, 0.15) is 67.2 Å². The third kappa shape index (κ3) is 11.7. The predicted octanol–water partition coefficient (Wildman–Crippen LogP) is 2.68. The number of nitrogens with zero attached hydrogens (tertiary/aromatic N) is 1. The fourth-order valence-electron chi connectivity index (χ4n) is 3.03. The van der Waals surface area contributed by atoms with Gasteiger partial charge in [-0.15, -0.1) is 0 Å². The van der Waals surface area contributed by atoms with Gasteiger partial charge in [0, 0.05) is 26.1 Å². The number of hydrogen-bond acceptors (Lipinski definition) is 4. The van der Waals surface area contributed by atoms with E-state index in [9.17, 15) is 9.59 Å². The second-order valence-corrected chi connectivity index (χ2v) is 9.16. The second-order valence-electron chi connectivity index (χ2n) is 9.16. The molecule has 0 bridgehead atoms. The summed E-state index contributed by atoms with van der Waals surface area (Å²) in [7, 11) is 0. The molecule has 0 rings (SSSR count). The lowest BCUT2D eigenvalue weighted by Crippen LogP contribution is -2.36. The maximum absolute atomic E-state index is 12.0. The maximum atomic E-state index is 12.0. The van der Waals surface area contributed by atoms with Crippen molar-refractivity contribution in [1.82, 2.24) is 10.7 Å². The van der Waals surface area contributed by atoms with Crippen LogP contribution in [0.4, 0.5) is 0 Å². The Balaban J connectivity index is 4.66. The van der Waals surface area contributed by atoms with Gasteiger partial charge in [0.05, 0.1) is 0 Å². The van der Waals surface area contributed by atoms with Crippen molar-refractivity contribution in [3.05, 3.63) is 0 Å². The molecule has 0 aliphatic carbocycles. The smallest absolute Gasteiger partial charge is 0.240 e. The van der Waals surface area contributed by atoms with Crippen molar-refractivity contribution in [2.24, 2.45) is 33.5 Å². The molecule has 0 aromatic rings. The Hall–Kier alpha value is -1.43. The van der Waals surface area contributed by atoms with Gasteiger partial charge in [0.25, 0.3) is 0 Å². The highest BCUT2D eigenvalue weighted by molar-refractivity contribution is 5.83. The highest BCUT2D eigenvalue weighted by Gasteiger charge is 2.28. The second kappa shape index (κ2) is 10.5. The first-order valence-electron chi connectivity index (χ1n) is 9.10. The van der Waals surface area contributed by atoms with Gasteiger partial charge in [0.2, 0.25) is 11.8 Å². The predicted molar refractivity (Wildman–Crippen MR) is 104 cm³/mol. The highest BCUT2D eigenvalue weighted by atomic mass is 16.2. The number of amides is 2. The Labute approximate surface area is 153 Å². The average Bonchev–Trinajstić information content (AvgIpc) is 2.45. The summed E-state index contributed by atoms with van der Waals surface area (Å²) < 4.78 is 0. The summed E-state index contributed by atoms with van der Waals surface area (Å²) in [6.07, 6.45) is 2.27. The molecular weight excluding hydrogens is 316 g/mol. The molecule has 0 saturated heterocycles. The monoisotopic (exact) mass is 354 g/mol. The lowest BCUT2D eigenvalue weighted by atomic mass is 9.72. The van der Waals surface area contributed by atoms with E-state index >= 15 is 0 Å². The molecule has 146 valence electrons. The summed E-state index contributed by atoms with van der Waals surface area (Å²) in [5.41, 5.74) is 8.54. The molecule has 0 fully saturated rings. The third-order valence-electron chi connectivity index (χ3n) is 4.40. The van der Waals surface area contributed by atoms with Crippen LogP contribution in [0.3, 0.4) is 0 Å². The molecule has 25 heavy (non-hydrogen) atoms. The third-order valence-corrected chi connectivity index (χ3v) is 4.40. The zero-order valence-corrected chi connectivity index (χ0v) is 16.9. The number of carbonyl (C=O) groups excluding carboxylic acids is 2. The lowest BCUT2D eigenvalue weighted by molar-refractivity contribution is -0.126. The lowest BCUT2D eigenvalue weighted by Gasteiger charge is -2.35. The SMILES string of the molecule is C=NNC(=O)CCC(=O)NCC(CC(CN)C(C)(C)C)CC(C)(C)C. The largest absolute Gasteiger partial charge is 0.356 e. The molecule has 2 atom stereocenters. The molecule has 6 nitrogen and oxygen atoms in total. The van der Waals surface area contributed by atoms with E-state index in [-0.39, 0.29) is 35.5 Å². The minimum absolute atomic E-state index is 0.113. The molecule has 0 aromatic carbocycles. The molecule has 0 aliphatic heterocycles. The van der Waals surface area contributed by atoms with E-state index < -0.39 is 0 Å². The van der Waals surface area contributed by atoms with E-state index in [1.807, 2.05) is 0 Å². The van der Waals surface area contributed by atoms with E-state index in [0.29, 0.717) is 24.9 Å². The van der Waals surface area contributed by atoms with E-state index in [1.54, 1.807) is 0 Å². The van der Waals surface area contributed by atoms with Crippen molar-refractivity contribution in [3.8, 4) is 0 Å². The summed E-state index contributed by atoms with van der Waals surface area (Å²) in [6.45, 7) is 17.7. The van der Waals surface area contributed by atoms with Gasteiger partial charge in [-0.1, -0.05) is 41.5 Å². The fraction of sp³-hybridized carbons (Fsp3) is 0.842. The van der Waals surface area contributed by atoms with Crippen LogP contribution >= 0.6 is 0 Å². The molecule has 2 unspecified atom stereocenters. The van der Waals surface area contributed by atoms with Crippen LogP contribution in [-0.2, 0) is 9.59 Å². The van der Waals surface area contributed by atoms with Crippen LogP contribution in [0.25, 0.3) is 0 Å². The molecular formula is C19H38N4O2. The van der Waals surface area contributed by atoms with Crippen molar-refractivity contribution >= 4 is 18.5 Å². The maximum Gasteiger partial charge on any atom is 0.240 e. The summed E-state index contributed by atoms with van der Waals surface area (Å²) in [6, 6.07) is 0. The molecule has 0 heterocycles. The van der Waals surface area contributed by atoms with Crippen LogP contribution < -0.4 is 16.5 Å². The Morgan fingerprint density at radius 2 is 1.64 bits per heavy atom. The van der Waals surface area contributed by atoms with E-state index in [2.05, 4.69) is 64.1 Å². The Morgan fingerprint density at radius 3 is 2.08 bits per heavy atom. The van der Waals surface area contributed by atoms with Crippen LogP contribution in [0, 0.1) is 22.7 Å². The number of nitrogens with one attached hydrogen (secondary N) is 2.